The summed E-state index contributed by atoms with van der Waals surface area (Å²) in [5.74, 6) is 1.26. The molecule has 0 spiro atoms. The van der Waals surface area contributed by atoms with Crippen molar-refractivity contribution < 1.29 is 9.13 Å². The molecule has 1 N–H and O–H groups in total. The molecule has 1 fully saturated rings. The van der Waals surface area contributed by atoms with E-state index in [1.54, 1.807) is 20.2 Å². The Morgan fingerprint density at radius 2 is 2.21 bits per heavy atom. The van der Waals surface area contributed by atoms with Gasteiger partial charge < -0.3 is 15.0 Å². The number of guanidine groups is 1. The molecule has 6 nitrogen and oxygen atoms in total. The zero-order valence-corrected chi connectivity index (χ0v) is 19.0. The zero-order valence-electron chi connectivity index (χ0n) is 16.7. The van der Waals surface area contributed by atoms with Crippen molar-refractivity contribution in [2.24, 2.45) is 18.0 Å². The Kier molecular flexibility index (Phi) is 8.68. The Labute approximate surface area is 183 Å². The first-order valence-corrected chi connectivity index (χ1v) is 9.28. The van der Waals surface area contributed by atoms with Crippen LogP contribution in [0.3, 0.4) is 0 Å². The van der Waals surface area contributed by atoms with Gasteiger partial charge in [0, 0.05) is 52.6 Å². The smallest absolute Gasteiger partial charge is 0.193 e. The second kappa shape index (κ2) is 10.8. The normalized spacial score (nSPS) is 16.9. The zero-order chi connectivity index (χ0) is 19.2. The fourth-order valence-corrected chi connectivity index (χ4v) is 3.62. The van der Waals surface area contributed by atoms with Crippen LogP contribution in [0.1, 0.15) is 23.1 Å². The SMILES string of the molecule is CN=C(NCc1ccc(F)c(COC)c1)N1CCC(Cc2cnn(C)c2)C1.I. The Bertz CT molecular complexity index is 795. The van der Waals surface area contributed by atoms with Gasteiger partial charge in [0.15, 0.2) is 5.96 Å². The van der Waals surface area contributed by atoms with E-state index in [0.717, 1.165) is 37.5 Å². The molecule has 3 rings (SSSR count). The minimum atomic E-state index is -0.234. The van der Waals surface area contributed by atoms with Crippen molar-refractivity contribution in [2.75, 3.05) is 27.2 Å². The lowest BCUT2D eigenvalue weighted by Crippen LogP contribution is -2.39. The number of nitrogens with zero attached hydrogens (tertiary/aromatic N) is 4. The van der Waals surface area contributed by atoms with E-state index in [1.165, 1.54) is 11.6 Å². The highest BCUT2D eigenvalue weighted by atomic mass is 127. The van der Waals surface area contributed by atoms with E-state index in [1.807, 2.05) is 24.0 Å². The number of hydrogen-bond donors (Lipinski definition) is 1. The average molecular weight is 501 g/mol. The van der Waals surface area contributed by atoms with Crippen LogP contribution in [0.15, 0.2) is 35.6 Å². The number of aryl methyl sites for hydroxylation is 1. The third kappa shape index (κ3) is 5.91. The molecule has 154 valence electrons. The highest BCUT2D eigenvalue weighted by Gasteiger charge is 2.25. The van der Waals surface area contributed by atoms with Crippen molar-refractivity contribution in [3.63, 3.8) is 0 Å². The molecule has 0 aliphatic carbocycles. The first kappa shape index (κ1) is 22.6. The van der Waals surface area contributed by atoms with Gasteiger partial charge in [-0.15, -0.1) is 24.0 Å². The minimum absolute atomic E-state index is 0. The van der Waals surface area contributed by atoms with Crippen molar-refractivity contribution in [2.45, 2.75) is 26.0 Å². The molecule has 0 radical (unpaired) electrons. The van der Waals surface area contributed by atoms with Crippen molar-refractivity contribution in [3.05, 3.63) is 53.1 Å². The van der Waals surface area contributed by atoms with Crippen LogP contribution in [-0.4, -0.2) is 47.9 Å². The van der Waals surface area contributed by atoms with E-state index in [-0.39, 0.29) is 36.4 Å². The molecule has 8 heteroatoms. The lowest BCUT2D eigenvalue weighted by Gasteiger charge is -2.22. The summed E-state index contributed by atoms with van der Waals surface area (Å²) in [6.07, 6.45) is 6.22. The minimum Gasteiger partial charge on any atom is -0.380 e. The number of methoxy groups -OCH3 is 1. The quantitative estimate of drug-likeness (QED) is 0.376. The van der Waals surface area contributed by atoms with Crippen LogP contribution in [0.25, 0.3) is 0 Å². The number of ether oxygens (including phenoxy) is 1. The lowest BCUT2D eigenvalue weighted by molar-refractivity contribution is 0.181. The molecular weight excluding hydrogens is 472 g/mol. The Morgan fingerprint density at radius 3 is 2.89 bits per heavy atom. The summed E-state index contributed by atoms with van der Waals surface area (Å²) in [6.45, 7) is 2.85. The number of benzene rings is 1. The Hall–Kier alpha value is -1.68. The predicted octanol–water partition coefficient (Wildman–Crippen LogP) is 2.96. The molecule has 1 unspecified atom stereocenters. The van der Waals surface area contributed by atoms with Gasteiger partial charge in [-0.3, -0.25) is 9.67 Å². The molecule has 1 aromatic carbocycles. The highest BCUT2D eigenvalue weighted by Crippen LogP contribution is 2.21. The summed E-state index contributed by atoms with van der Waals surface area (Å²) in [4.78, 5) is 6.72. The van der Waals surface area contributed by atoms with Crippen LogP contribution in [0, 0.1) is 11.7 Å². The van der Waals surface area contributed by atoms with Gasteiger partial charge >= 0.3 is 0 Å². The van der Waals surface area contributed by atoms with Gasteiger partial charge in [-0.25, -0.2) is 4.39 Å². The average Bonchev–Trinajstić information content (AvgIpc) is 3.28. The first-order chi connectivity index (χ1) is 13.1. The Morgan fingerprint density at radius 1 is 1.39 bits per heavy atom. The van der Waals surface area contributed by atoms with Crippen molar-refractivity contribution >= 4 is 29.9 Å². The highest BCUT2D eigenvalue weighted by molar-refractivity contribution is 14.0. The van der Waals surface area contributed by atoms with Crippen molar-refractivity contribution in [1.29, 1.82) is 0 Å². The molecular formula is C20H29FIN5O. The van der Waals surface area contributed by atoms with E-state index in [4.69, 9.17) is 4.74 Å². The summed E-state index contributed by atoms with van der Waals surface area (Å²) in [6, 6.07) is 5.13. The lowest BCUT2D eigenvalue weighted by atomic mass is 10.0. The van der Waals surface area contributed by atoms with Gasteiger partial charge in [-0.05, 0) is 42.0 Å². The van der Waals surface area contributed by atoms with E-state index < -0.39 is 0 Å². The second-order valence-corrected chi connectivity index (χ2v) is 7.09. The molecule has 1 atom stereocenters. The number of aromatic nitrogens is 2. The molecule has 1 aromatic heterocycles. The maximum absolute atomic E-state index is 13.8. The summed E-state index contributed by atoms with van der Waals surface area (Å²) in [7, 11) is 5.32. The van der Waals surface area contributed by atoms with Gasteiger partial charge in [0.1, 0.15) is 5.82 Å². The number of hydrogen-bond acceptors (Lipinski definition) is 3. The fraction of sp³-hybridized carbons (Fsp3) is 0.500. The number of likely N-dealkylation sites (tertiary alicyclic amines) is 1. The number of rotatable bonds is 6. The summed E-state index contributed by atoms with van der Waals surface area (Å²) >= 11 is 0. The molecule has 0 bridgehead atoms. The molecule has 1 saturated heterocycles. The number of nitrogens with one attached hydrogen (secondary N) is 1. The topological polar surface area (TPSA) is 54.7 Å². The molecule has 1 aliphatic rings. The van der Waals surface area contributed by atoms with Crippen LogP contribution in [0.5, 0.6) is 0 Å². The molecule has 1 aliphatic heterocycles. The molecule has 2 aromatic rings. The second-order valence-electron chi connectivity index (χ2n) is 7.09. The van der Waals surface area contributed by atoms with Gasteiger partial charge in [-0.1, -0.05) is 6.07 Å². The maximum atomic E-state index is 13.8. The van der Waals surface area contributed by atoms with Crippen LogP contribution in [0.2, 0.25) is 0 Å². The van der Waals surface area contributed by atoms with Crippen molar-refractivity contribution in [3.8, 4) is 0 Å². The molecule has 2 heterocycles. The number of aliphatic imine (C=N–C) groups is 1. The largest absolute Gasteiger partial charge is 0.380 e. The third-order valence-corrected chi connectivity index (χ3v) is 4.94. The first-order valence-electron chi connectivity index (χ1n) is 9.28. The van der Waals surface area contributed by atoms with Crippen LogP contribution in [0.4, 0.5) is 4.39 Å². The predicted molar refractivity (Wildman–Crippen MR) is 119 cm³/mol. The third-order valence-electron chi connectivity index (χ3n) is 4.94. The van der Waals surface area contributed by atoms with Gasteiger partial charge in [0.25, 0.3) is 0 Å². The molecule has 0 saturated carbocycles. The summed E-state index contributed by atoms with van der Waals surface area (Å²) in [5, 5.41) is 7.65. The Balaban J connectivity index is 0.00000280. The van der Waals surface area contributed by atoms with Crippen LogP contribution < -0.4 is 5.32 Å². The van der Waals surface area contributed by atoms with Crippen LogP contribution in [-0.2, 0) is 31.4 Å². The van der Waals surface area contributed by atoms with Gasteiger partial charge in [0.05, 0.1) is 12.8 Å². The maximum Gasteiger partial charge on any atom is 0.193 e. The van der Waals surface area contributed by atoms with E-state index >= 15 is 0 Å². The number of halogens is 2. The molecule has 0 amide bonds. The summed E-state index contributed by atoms with van der Waals surface area (Å²) < 4.78 is 20.7. The van der Waals surface area contributed by atoms with E-state index in [0.29, 0.717) is 18.0 Å². The monoisotopic (exact) mass is 501 g/mol. The standard InChI is InChI=1S/C20H28FN5O.HI/c1-22-20(23-10-15-4-5-19(21)18(9-15)14-27-3)26-7-6-16(13-26)8-17-11-24-25(2)12-17;/h4-5,9,11-12,16H,6-8,10,13-14H2,1-3H3,(H,22,23);1H. The van der Waals surface area contributed by atoms with Crippen LogP contribution >= 0.6 is 24.0 Å². The van der Waals surface area contributed by atoms with Crippen molar-refractivity contribution in [1.82, 2.24) is 20.0 Å². The fourth-order valence-electron chi connectivity index (χ4n) is 3.62. The van der Waals surface area contributed by atoms with Gasteiger partial charge in [-0.2, -0.15) is 5.10 Å². The van der Waals surface area contributed by atoms with E-state index in [9.17, 15) is 4.39 Å². The molecule has 28 heavy (non-hydrogen) atoms. The van der Waals surface area contributed by atoms with Gasteiger partial charge in [0.2, 0.25) is 0 Å². The van der Waals surface area contributed by atoms with E-state index in [2.05, 4.69) is 26.5 Å². The summed E-state index contributed by atoms with van der Waals surface area (Å²) in [5.41, 5.74) is 2.87.